The lowest BCUT2D eigenvalue weighted by molar-refractivity contribution is -0.124. The number of amides is 1. The molecule has 1 fully saturated rings. The van der Waals surface area contributed by atoms with E-state index in [9.17, 15) is 13.2 Å². The monoisotopic (exact) mass is 422 g/mol. The molecule has 8 heteroatoms. The Kier molecular flexibility index (Phi) is 5.70. The number of carbonyl (C=O) groups is 1. The number of halogens is 1. The number of carbonyl (C=O) groups excluding carboxylic acids is 1. The van der Waals surface area contributed by atoms with Crippen molar-refractivity contribution < 1.29 is 17.9 Å². The van der Waals surface area contributed by atoms with Gasteiger partial charge in [-0.2, -0.15) is 0 Å². The predicted octanol–water partition coefficient (Wildman–Crippen LogP) is 3.66. The third-order valence-electron chi connectivity index (χ3n) is 5.22. The molecule has 150 valence electrons. The Morgan fingerprint density at radius 3 is 2.43 bits per heavy atom. The minimum atomic E-state index is -3.64. The molecule has 1 aliphatic rings. The van der Waals surface area contributed by atoms with Gasteiger partial charge in [0.1, 0.15) is 5.75 Å². The molecule has 2 aromatic carbocycles. The molecule has 0 bridgehead atoms. The number of hydrogen-bond acceptors (Lipinski definition) is 4. The van der Waals surface area contributed by atoms with Gasteiger partial charge in [0.05, 0.1) is 23.1 Å². The second-order valence-electron chi connectivity index (χ2n) is 7.05. The van der Waals surface area contributed by atoms with Crippen LogP contribution in [0.5, 0.6) is 5.75 Å². The second-order valence-corrected chi connectivity index (χ2v) is 9.64. The van der Waals surface area contributed by atoms with Crippen LogP contribution in [-0.2, 0) is 20.2 Å². The summed E-state index contributed by atoms with van der Waals surface area (Å²) >= 11 is 6.12. The molecule has 0 spiro atoms. The zero-order valence-electron chi connectivity index (χ0n) is 16.0. The quantitative estimate of drug-likeness (QED) is 0.770. The van der Waals surface area contributed by atoms with E-state index in [-0.39, 0.29) is 10.8 Å². The van der Waals surface area contributed by atoms with E-state index >= 15 is 0 Å². The number of hydrogen-bond donors (Lipinski definition) is 1. The van der Waals surface area contributed by atoms with Gasteiger partial charge in [-0.25, -0.2) is 12.7 Å². The Labute approximate surface area is 170 Å². The van der Waals surface area contributed by atoms with Crippen molar-refractivity contribution >= 4 is 33.2 Å². The molecule has 1 amide bonds. The van der Waals surface area contributed by atoms with Crippen molar-refractivity contribution in [2.24, 2.45) is 0 Å². The van der Waals surface area contributed by atoms with Crippen molar-refractivity contribution in [1.82, 2.24) is 4.31 Å². The summed E-state index contributed by atoms with van der Waals surface area (Å²) in [6.07, 6.45) is 2.35. The highest BCUT2D eigenvalue weighted by atomic mass is 35.5. The average Bonchev–Trinajstić information content (AvgIpc) is 2.60. The molecule has 1 N–H and O–H groups in total. The summed E-state index contributed by atoms with van der Waals surface area (Å²) in [5.74, 6) is 0.199. The standard InChI is InChI=1S/C20H23ClN2O4S/c1-23(2)28(25,26)16-8-9-18(27-3)17(13-16)22-19(24)20(10-5-11-20)14-6-4-7-15(21)12-14/h4,6-9,12-13H,5,10-11H2,1-3H3,(H,22,24). The third kappa shape index (κ3) is 3.62. The summed E-state index contributed by atoms with van der Waals surface area (Å²) in [6, 6.07) is 11.7. The largest absolute Gasteiger partial charge is 0.495 e. The zero-order chi connectivity index (χ0) is 20.5. The molecule has 0 radical (unpaired) electrons. The van der Waals surface area contributed by atoms with E-state index < -0.39 is 15.4 Å². The Morgan fingerprint density at radius 1 is 1.18 bits per heavy atom. The van der Waals surface area contributed by atoms with Crippen LogP contribution in [0.1, 0.15) is 24.8 Å². The molecule has 0 aromatic heterocycles. The van der Waals surface area contributed by atoms with Gasteiger partial charge in [-0.05, 0) is 48.7 Å². The molecule has 28 heavy (non-hydrogen) atoms. The van der Waals surface area contributed by atoms with Crippen LogP contribution in [0.4, 0.5) is 5.69 Å². The van der Waals surface area contributed by atoms with Crippen molar-refractivity contribution in [1.29, 1.82) is 0 Å². The van der Waals surface area contributed by atoms with Crippen molar-refractivity contribution in [3.05, 3.63) is 53.1 Å². The summed E-state index contributed by atoms with van der Waals surface area (Å²) < 4.78 is 31.3. The molecule has 1 aliphatic carbocycles. The number of methoxy groups -OCH3 is 1. The number of nitrogens with one attached hydrogen (secondary N) is 1. The number of anilines is 1. The predicted molar refractivity (Wildman–Crippen MR) is 109 cm³/mol. The molecular formula is C20H23ClN2O4S. The van der Waals surface area contributed by atoms with Crippen molar-refractivity contribution in [3.8, 4) is 5.75 Å². The molecule has 0 heterocycles. The van der Waals surface area contributed by atoms with Crippen LogP contribution in [0.2, 0.25) is 5.02 Å². The fourth-order valence-corrected chi connectivity index (χ4v) is 4.48. The fraction of sp³-hybridized carbons (Fsp3) is 0.350. The Balaban J connectivity index is 1.97. The number of benzene rings is 2. The first-order valence-corrected chi connectivity index (χ1v) is 10.7. The van der Waals surface area contributed by atoms with Crippen LogP contribution in [0, 0.1) is 0 Å². The van der Waals surface area contributed by atoms with Crippen LogP contribution in [0.3, 0.4) is 0 Å². The van der Waals surface area contributed by atoms with Crippen LogP contribution in [0.15, 0.2) is 47.4 Å². The van der Waals surface area contributed by atoms with E-state index in [1.54, 1.807) is 12.1 Å². The topological polar surface area (TPSA) is 75.7 Å². The molecule has 0 atom stereocenters. The van der Waals surface area contributed by atoms with Gasteiger partial charge < -0.3 is 10.1 Å². The van der Waals surface area contributed by atoms with Gasteiger partial charge >= 0.3 is 0 Å². The van der Waals surface area contributed by atoms with Crippen molar-refractivity contribution in [3.63, 3.8) is 0 Å². The van der Waals surface area contributed by atoms with Crippen LogP contribution < -0.4 is 10.1 Å². The van der Waals surface area contributed by atoms with E-state index in [2.05, 4.69) is 5.32 Å². The lowest BCUT2D eigenvalue weighted by Gasteiger charge is -2.40. The van der Waals surface area contributed by atoms with Gasteiger partial charge in [0.15, 0.2) is 0 Å². The summed E-state index contributed by atoms with van der Waals surface area (Å²) in [4.78, 5) is 13.3. The normalized spacial score (nSPS) is 15.8. The molecule has 0 saturated heterocycles. The van der Waals surface area contributed by atoms with E-state index in [0.717, 1.165) is 16.3 Å². The average molecular weight is 423 g/mol. The highest BCUT2D eigenvalue weighted by Crippen LogP contribution is 2.45. The van der Waals surface area contributed by atoms with Crippen LogP contribution in [0.25, 0.3) is 0 Å². The van der Waals surface area contributed by atoms with E-state index in [1.807, 2.05) is 18.2 Å². The first kappa shape index (κ1) is 20.6. The fourth-order valence-electron chi connectivity index (χ4n) is 3.36. The van der Waals surface area contributed by atoms with Gasteiger partial charge in [0, 0.05) is 19.1 Å². The molecule has 0 unspecified atom stereocenters. The summed E-state index contributed by atoms with van der Waals surface area (Å²) in [5, 5.41) is 3.46. The highest BCUT2D eigenvalue weighted by molar-refractivity contribution is 7.89. The molecule has 6 nitrogen and oxygen atoms in total. The highest BCUT2D eigenvalue weighted by Gasteiger charge is 2.46. The van der Waals surface area contributed by atoms with Crippen molar-refractivity contribution in [2.75, 3.05) is 26.5 Å². The maximum Gasteiger partial charge on any atom is 0.242 e. The first-order valence-electron chi connectivity index (χ1n) is 8.89. The van der Waals surface area contributed by atoms with Gasteiger partial charge in [0.25, 0.3) is 0 Å². The number of rotatable bonds is 6. The Hall–Kier alpha value is -2.09. The maximum atomic E-state index is 13.2. The minimum Gasteiger partial charge on any atom is -0.495 e. The minimum absolute atomic E-state index is 0.0824. The van der Waals surface area contributed by atoms with E-state index in [0.29, 0.717) is 29.3 Å². The van der Waals surface area contributed by atoms with Gasteiger partial charge in [0.2, 0.25) is 15.9 Å². The molecule has 0 aliphatic heterocycles. The second kappa shape index (κ2) is 7.73. The number of sulfonamides is 1. The number of ether oxygens (including phenoxy) is 1. The molecule has 3 rings (SSSR count). The molecule has 1 saturated carbocycles. The van der Waals surface area contributed by atoms with E-state index in [4.69, 9.17) is 16.3 Å². The summed E-state index contributed by atoms with van der Waals surface area (Å²) in [6.45, 7) is 0. The molecular weight excluding hydrogens is 400 g/mol. The van der Waals surface area contributed by atoms with Gasteiger partial charge in [-0.1, -0.05) is 30.2 Å². The smallest absolute Gasteiger partial charge is 0.242 e. The van der Waals surface area contributed by atoms with E-state index in [1.165, 1.54) is 33.3 Å². The molecule has 2 aromatic rings. The first-order chi connectivity index (χ1) is 13.2. The number of nitrogens with zero attached hydrogens (tertiary/aromatic N) is 1. The van der Waals surface area contributed by atoms with Gasteiger partial charge in [-0.15, -0.1) is 0 Å². The maximum absolute atomic E-state index is 13.2. The lowest BCUT2D eigenvalue weighted by Crippen LogP contribution is -2.46. The SMILES string of the molecule is COc1ccc(S(=O)(=O)N(C)C)cc1NC(=O)C1(c2cccc(Cl)c2)CCC1. The Morgan fingerprint density at radius 2 is 1.89 bits per heavy atom. The van der Waals surface area contributed by atoms with Crippen molar-refractivity contribution in [2.45, 2.75) is 29.6 Å². The van der Waals surface area contributed by atoms with Crippen LogP contribution >= 0.6 is 11.6 Å². The zero-order valence-corrected chi connectivity index (χ0v) is 17.6. The van der Waals surface area contributed by atoms with Gasteiger partial charge in [-0.3, -0.25) is 4.79 Å². The summed E-state index contributed by atoms with van der Waals surface area (Å²) in [5.41, 5.74) is 0.510. The third-order valence-corrected chi connectivity index (χ3v) is 7.26. The summed E-state index contributed by atoms with van der Waals surface area (Å²) in [7, 11) is 0.755. The lowest BCUT2D eigenvalue weighted by atomic mass is 9.64. The van der Waals surface area contributed by atoms with Crippen LogP contribution in [-0.4, -0.2) is 39.8 Å². The Bertz CT molecular complexity index is 1000.